The predicted octanol–water partition coefficient (Wildman–Crippen LogP) is 5.40. The molecule has 11 heteroatoms. The second kappa shape index (κ2) is 14.4. The number of rotatable bonds is 9. The molecule has 2 aromatic heterocycles. The average Bonchev–Trinajstić information content (AvgIpc) is 3.62. The number of morpholine rings is 1. The van der Waals surface area contributed by atoms with Gasteiger partial charge in [-0.05, 0) is 61.7 Å². The summed E-state index contributed by atoms with van der Waals surface area (Å²) in [4.78, 5) is 19.0. The number of benzene rings is 2. The van der Waals surface area contributed by atoms with Gasteiger partial charge in [0.2, 0.25) is 5.91 Å². The maximum Gasteiger partial charge on any atom is 0.219 e. The van der Waals surface area contributed by atoms with Gasteiger partial charge in [-0.2, -0.15) is 5.10 Å². The van der Waals surface area contributed by atoms with Gasteiger partial charge in [0.1, 0.15) is 0 Å². The lowest BCUT2D eigenvalue weighted by molar-refractivity contribution is -0.129. The van der Waals surface area contributed by atoms with E-state index in [1.807, 2.05) is 27.8 Å². The fourth-order valence-corrected chi connectivity index (χ4v) is 8.04. The molecule has 4 aromatic rings. The van der Waals surface area contributed by atoms with E-state index in [-0.39, 0.29) is 5.91 Å². The van der Waals surface area contributed by atoms with Gasteiger partial charge < -0.3 is 24.2 Å². The van der Waals surface area contributed by atoms with Gasteiger partial charge in [-0.3, -0.25) is 14.4 Å². The number of likely N-dealkylation sites (tertiary alicyclic amines) is 1. The van der Waals surface area contributed by atoms with Gasteiger partial charge in [0, 0.05) is 103 Å². The van der Waals surface area contributed by atoms with Crippen LogP contribution in [0.1, 0.15) is 42.5 Å². The van der Waals surface area contributed by atoms with E-state index in [0.29, 0.717) is 32.1 Å². The zero-order valence-corrected chi connectivity index (χ0v) is 29.4. The lowest BCUT2D eigenvalue weighted by Gasteiger charge is -2.33. The number of fused-ring (bicyclic) bond motifs is 2. The zero-order valence-electron chi connectivity index (χ0n) is 27.1. The Labute approximate surface area is 290 Å². The summed E-state index contributed by atoms with van der Waals surface area (Å²) in [6, 6.07) is 14.5. The minimum atomic E-state index is -0.539. The third-order valence-corrected chi connectivity index (χ3v) is 11.0. The molecule has 2 fully saturated rings. The van der Waals surface area contributed by atoms with Crippen molar-refractivity contribution in [2.75, 3.05) is 59.0 Å². The minimum absolute atomic E-state index is 0.0787. The summed E-state index contributed by atoms with van der Waals surface area (Å²) in [6.45, 7) is 11.4. The van der Waals surface area contributed by atoms with E-state index < -0.39 is 6.10 Å². The van der Waals surface area contributed by atoms with Crippen LogP contribution in [0.15, 0.2) is 53.1 Å². The van der Waals surface area contributed by atoms with Gasteiger partial charge in [0.05, 0.1) is 31.6 Å². The van der Waals surface area contributed by atoms with Crippen LogP contribution in [0.2, 0.25) is 5.02 Å². The number of carbonyl (C=O) groups excluding carboxylic acids is 1. The van der Waals surface area contributed by atoms with E-state index in [4.69, 9.17) is 21.4 Å². The van der Waals surface area contributed by atoms with Crippen LogP contribution in [0, 0.1) is 0 Å². The van der Waals surface area contributed by atoms with Gasteiger partial charge in [-0.1, -0.05) is 45.7 Å². The third kappa shape index (κ3) is 7.33. The van der Waals surface area contributed by atoms with Crippen molar-refractivity contribution in [2.45, 2.75) is 57.8 Å². The number of ether oxygens (including phenoxy) is 1. The molecule has 47 heavy (non-hydrogen) atoms. The maximum absolute atomic E-state index is 12.2. The van der Waals surface area contributed by atoms with Crippen molar-refractivity contribution in [1.82, 2.24) is 29.0 Å². The summed E-state index contributed by atoms with van der Waals surface area (Å²) in [5.74, 6) is 0.558. The molecule has 0 saturated carbocycles. The number of carbonyl (C=O) groups is 1. The zero-order chi connectivity index (χ0) is 32.5. The fourth-order valence-electron chi connectivity index (χ4n) is 7.61. The topological polar surface area (TPSA) is 79.0 Å². The molecule has 1 unspecified atom stereocenters. The Morgan fingerprint density at radius 3 is 2.53 bits per heavy atom. The van der Waals surface area contributed by atoms with E-state index in [9.17, 15) is 9.90 Å². The summed E-state index contributed by atoms with van der Waals surface area (Å²) >= 11 is 9.99. The van der Waals surface area contributed by atoms with E-state index >= 15 is 0 Å². The lowest BCUT2D eigenvalue weighted by atomic mass is 9.89. The van der Waals surface area contributed by atoms with Crippen molar-refractivity contribution in [3.05, 3.63) is 75.0 Å². The van der Waals surface area contributed by atoms with Crippen LogP contribution in [0.25, 0.3) is 22.2 Å². The summed E-state index contributed by atoms with van der Waals surface area (Å²) in [7, 11) is 0. The van der Waals surface area contributed by atoms with E-state index in [2.05, 4.69) is 60.8 Å². The lowest BCUT2D eigenvalue weighted by Crippen LogP contribution is -2.40. The number of hydrogen-bond donors (Lipinski definition) is 1. The van der Waals surface area contributed by atoms with Gasteiger partial charge in [0.25, 0.3) is 0 Å². The summed E-state index contributed by atoms with van der Waals surface area (Å²) in [5, 5.41) is 18.4. The highest BCUT2D eigenvalue weighted by Crippen LogP contribution is 2.36. The maximum atomic E-state index is 12.2. The number of hydrogen-bond acceptors (Lipinski definition) is 6. The SMILES string of the molecule is CC(=O)N1CCc2c(c(-c3ccc(Br)cc3)nn2CC(O)CN2CCC(c3cn(CCN4CCOCC4)c4cc(Cl)ccc34)CC2)C1. The number of aliphatic hydroxyl groups is 1. The van der Waals surface area contributed by atoms with Gasteiger partial charge in [-0.25, -0.2) is 0 Å². The molecule has 9 nitrogen and oxygen atoms in total. The summed E-state index contributed by atoms with van der Waals surface area (Å²) < 4.78 is 10.9. The molecule has 2 saturated heterocycles. The molecule has 2 aromatic carbocycles. The van der Waals surface area contributed by atoms with Crippen molar-refractivity contribution in [1.29, 1.82) is 0 Å². The average molecular weight is 724 g/mol. The van der Waals surface area contributed by atoms with E-state index in [1.54, 1.807) is 6.92 Å². The van der Waals surface area contributed by atoms with Crippen molar-refractivity contribution in [3.63, 3.8) is 0 Å². The third-order valence-electron chi connectivity index (χ3n) is 10.2. The second-order valence-corrected chi connectivity index (χ2v) is 14.6. The van der Waals surface area contributed by atoms with Crippen LogP contribution >= 0.6 is 27.5 Å². The number of nitrogens with zero attached hydrogens (tertiary/aromatic N) is 6. The molecule has 3 aliphatic heterocycles. The summed E-state index contributed by atoms with van der Waals surface area (Å²) in [5.41, 5.74) is 6.78. The largest absolute Gasteiger partial charge is 0.390 e. The number of β-amino-alcohol motifs (C(OH)–C–C–N with tert-alkyl or cyclic N) is 1. The van der Waals surface area contributed by atoms with Crippen LogP contribution in [0.4, 0.5) is 0 Å². The molecule has 1 atom stereocenters. The molecule has 0 spiro atoms. The molecule has 5 heterocycles. The van der Waals surface area contributed by atoms with Crippen LogP contribution in [0.5, 0.6) is 0 Å². The molecule has 0 bridgehead atoms. The highest BCUT2D eigenvalue weighted by atomic mass is 79.9. The first-order valence-corrected chi connectivity index (χ1v) is 18.1. The van der Waals surface area contributed by atoms with Crippen LogP contribution in [0.3, 0.4) is 0 Å². The second-order valence-electron chi connectivity index (χ2n) is 13.3. The number of aromatic nitrogens is 3. The van der Waals surface area contributed by atoms with Crippen molar-refractivity contribution >= 4 is 44.3 Å². The molecule has 1 N–H and O–H groups in total. The van der Waals surface area contributed by atoms with Gasteiger partial charge in [-0.15, -0.1) is 0 Å². The quantitative estimate of drug-likeness (QED) is 0.250. The van der Waals surface area contributed by atoms with Crippen LogP contribution < -0.4 is 0 Å². The number of piperidine rings is 1. The van der Waals surface area contributed by atoms with Gasteiger partial charge in [0.15, 0.2) is 0 Å². The van der Waals surface area contributed by atoms with Gasteiger partial charge >= 0.3 is 0 Å². The smallest absolute Gasteiger partial charge is 0.219 e. The minimum Gasteiger partial charge on any atom is -0.390 e. The monoisotopic (exact) mass is 722 g/mol. The molecular formula is C36H44BrClN6O3. The summed E-state index contributed by atoms with van der Waals surface area (Å²) in [6.07, 6.45) is 4.69. The van der Waals surface area contributed by atoms with Crippen molar-refractivity contribution < 1.29 is 14.6 Å². The number of amides is 1. The molecule has 3 aliphatic rings. The van der Waals surface area contributed by atoms with Crippen LogP contribution in [-0.2, 0) is 35.6 Å². The molecule has 1 amide bonds. The Hall–Kier alpha value is -2.73. The number of halogens is 2. The Morgan fingerprint density at radius 2 is 1.79 bits per heavy atom. The molecule has 0 aliphatic carbocycles. The Balaban J connectivity index is 1.01. The standard InChI is InChI=1S/C36H44BrClN6O3/c1-25(45)42-13-10-34-33(24-42)36(27-2-4-28(37)5-3-27)39-44(34)22-30(46)21-41-11-8-26(9-12-41)32-23-43(15-14-40-16-18-47-19-17-40)35-20-29(38)6-7-31(32)35/h2-7,20,23,26,30,46H,8-19,21-22,24H2,1H3. The van der Waals surface area contributed by atoms with Crippen molar-refractivity contribution in [2.24, 2.45) is 0 Å². The van der Waals surface area contributed by atoms with Crippen molar-refractivity contribution in [3.8, 4) is 11.3 Å². The normalized spacial score (nSPS) is 18.9. The first kappa shape index (κ1) is 32.8. The Kier molecular flexibility index (Phi) is 10.1. The predicted molar refractivity (Wildman–Crippen MR) is 189 cm³/mol. The molecular weight excluding hydrogens is 680 g/mol. The first-order chi connectivity index (χ1) is 22.8. The molecule has 0 radical (unpaired) electrons. The first-order valence-electron chi connectivity index (χ1n) is 16.9. The van der Waals surface area contributed by atoms with E-state index in [0.717, 1.165) is 104 Å². The molecule has 250 valence electrons. The van der Waals surface area contributed by atoms with E-state index in [1.165, 1.54) is 16.5 Å². The Morgan fingerprint density at radius 1 is 1.02 bits per heavy atom. The highest BCUT2D eigenvalue weighted by molar-refractivity contribution is 9.10. The Bertz CT molecular complexity index is 1710. The fraction of sp³-hybridized carbons (Fsp3) is 0.500. The highest BCUT2D eigenvalue weighted by Gasteiger charge is 2.29. The van der Waals surface area contributed by atoms with Crippen LogP contribution in [-0.4, -0.2) is 105 Å². The molecule has 7 rings (SSSR count). The number of aliphatic hydroxyl groups excluding tert-OH is 1.